The van der Waals surface area contributed by atoms with Gasteiger partial charge < -0.3 is 9.88 Å². The zero-order valence-corrected chi connectivity index (χ0v) is 11.5. The van der Waals surface area contributed by atoms with Crippen LogP contribution < -0.4 is 0 Å². The second-order valence-electron chi connectivity index (χ2n) is 4.70. The van der Waals surface area contributed by atoms with Crippen LogP contribution in [-0.4, -0.2) is 34.8 Å². The molecule has 0 bridgehead atoms. The third-order valence-corrected chi connectivity index (χ3v) is 4.01. The molecule has 0 aliphatic carbocycles. The number of carbonyl (C=O) groups excluding carboxylic acids is 1. The van der Waals surface area contributed by atoms with Crippen LogP contribution in [-0.2, 0) is 0 Å². The number of para-hydroxylation sites is 1. The number of halogens is 3. The van der Waals surface area contributed by atoms with Crippen molar-refractivity contribution in [3.8, 4) is 0 Å². The number of nitrogens with zero attached hydrogens (tertiary/aromatic N) is 1. The molecule has 0 radical (unpaired) electrons. The third kappa shape index (κ3) is 2.14. The lowest BCUT2D eigenvalue weighted by atomic mass is 10.1. The molecule has 3 rings (SSSR count). The van der Waals surface area contributed by atoms with Crippen molar-refractivity contribution >= 4 is 32.7 Å². The molecule has 6 heteroatoms. The second kappa shape index (κ2) is 4.30. The number of hydrogen-bond donors (Lipinski definition) is 1. The Hall–Kier alpha value is -1.43. The molecule has 2 heterocycles. The van der Waals surface area contributed by atoms with Gasteiger partial charge in [-0.1, -0.05) is 12.1 Å². The van der Waals surface area contributed by atoms with Gasteiger partial charge in [0.05, 0.1) is 17.6 Å². The maximum absolute atomic E-state index is 13.2. The predicted molar refractivity (Wildman–Crippen MR) is 71.5 cm³/mol. The first-order chi connectivity index (χ1) is 8.98. The lowest BCUT2D eigenvalue weighted by Gasteiger charge is -2.16. The van der Waals surface area contributed by atoms with E-state index in [4.69, 9.17) is 0 Å². The average Bonchev–Trinajstić information content (AvgIpc) is 2.92. The number of aromatic nitrogens is 1. The van der Waals surface area contributed by atoms with Gasteiger partial charge in [-0.3, -0.25) is 4.79 Å². The fourth-order valence-corrected chi connectivity index (χ4v) is 2.82. The van der Waals surface area contributed by atoms with Gasteiger partial charge in [0.2, 0.25) is 0 Å². The molecule has 0 saturated carbocycles. The zero-order valence-electron chi connectivity index (χ0n) is 9.92. The number of hydrogen-bond acceptors (Lipinski definition) is 1. The molecular formula is C13H11BrF2N2O. The predicted octanol–water partition coefficient (Wildman–Crippen LogP) is 3.41. The van der Waals surface area contributed by atoms with Crippen LogP contribution >= 0.6 is 15.9 Å². The van der Waals surface area contributed by atoms with Gasteiger partial charge in [-0.25, -0.2) is 8.78 Å². The highest BCUT2D eigenvalue weighted by atomic mass is 79.9. The van der Waals surface area contributed by atoms with Gasteiger partial charge in [0, 0.05) is 29.0 Å². The van der Waals surface area contributed by atoms with E-state index < -0.39 is 12.5 Å². The van der Waals surface area contributed by atoms with E-state index in [0.717, 1.165) is 9.86 Å². The van der Waals surface area contributed by atoms with Crippen LogP contribution in [0.3, 0.4) is 0 Å². The number of amides is 1. The van der Waals surface area contributed by atoms with Crippen molar-refractivity contribution in [3.63, 3.8) is 0 Å². The third-order valence-electron chi connectivity index (χ3n) is 3.35. The Morgan fingerprint density at radius 2 is 2.21 bits per heavy atom. The molecule has 1 aromatic carbocycles. The van der Waals surface area contributed by atoms with Crippen molar-refractivity contribution in [2.75, 3.05) is 13.1 Å². The van der Waals surface area contributed by atoms with Crippen LogP contribution in [0.1, 0.15) is 16.8 Å². The normalized spacial score (nSPS) is 18.2. The number of nitrogens with one attached hydrogen (secondary N) is 1. The van der Waals surface area contributed by atoms with Crippen LogP contribution in [0.5, 0.6) is 0 Å². The summed E-state index contributed by atoms with van der Waals surface area (Å²) in [7, 11) is 0. The van der Waals surface area contributed by atoms with Crippen LogP contribution in [0.25, 0.3) is 10.9 Å². The van der Waals surface area contributed by atoms with Gasteiger partial charge in [0.25, 0.3) is 11.8 Å². The number of benzene rings is 1. The van der Waals surface area contributed by atoms with Gasteiger partial charge in [-0.2, -0.15) is 0 Å². The van der Waals surface area contributed by atoms with E-state index in [9.17, 15) is 13.6 Å². The quantitative estimate of drug-likeness (QED) is 0.855. The molecule has 1 aliphatic heterocycles. The number of fused-ring (bicyclic) bond motifs is 1. The summed E-state index contributed by atoms with van der Waals surface area (Å²) in [5.74, 6) is -3.11. The number of likely N-dealkylation sites (tertiary alicyclic amines) is 1. The summed E-state index contributed by atoms with van der Waals surface area (Å²) in [6, 6.07) is 5.28. The van der Waals surface area contributed by atoms with Gasteiger partial charge in [0.1, 0.15) is 0 Å². The summed E-state index contributed by atoms with van der Waals surface area (Å²) >= 11 is 3.38. The van der Waals surface area contributed by atoms with Crippen molar-refractivity contribution in [2.24, 2.45) is 0 Å². The first kappa shape index (κ1) is 12.6. The fraction of sp³-hybridized carbons (Fsp3) is 0.308. The summed E-state index contributed by atoms with van der Waals surface area (Å²) in [6.45, 7) is -0.395. The minimum absolute atomic E-state index is 0.101. The monoisotopic (exact) mass is 328 g/mol. The molecule has 100 valence electrons. The molecule has 3 nitrogen and oxygen atoms in total. The van der Waals surface area contributed by atoms with Crippen molar-refractivity contribution in [3.05, 3.63) is 34.4 Å². The molecule has 1 N–H and O–H groups in total. The number of carbonyl (C=O) groups is 1. The maximum atomic E-state index is 13.2. The Kier molecular flexibility index (Phi) is 2.85. The number of aromatic amines is 1. The van der Waals surface area contributed by atoms with Gasteiger partial charge in [-0.05, 0) is 22.0 Å². The number of rotatable bonds is 1. The topological polar surface area (TPSA) is 36.1 Å². The van der Waals surface area contributed by atoms with Crippen molar-refractivity contribution in [2.45, 2.75) is 12.3 Å². The van der Waals surface area contributed by atoms with Gasteiger partial charge in [-0.15, -0.1) is 0 Å². The summed E-state index contributed by atoms with van der Waals surface area (Å²) < 4.78 is 27.2. The highest BCUT2D eigenvalue weighted by Crippen LogP contribution is 2.30. The minimum Gasteiger partial charge on any atom is -0.359 e. The minimum atomic E-state index is -2.76. The first-order valence-corrected chi connectivity index (χ1v) is 6.70. The van der Waals surface area contributed by atoms with Crippen LogP contribution in [0.2, 0.25) is 0 Å². The molecule has 0 spiro atoms. The summed E-state index contributed by atoms with van der Waals surface area (Å²) in [5.41, 5.74) is 1.11. The van der Waals surface area contributed by atoms with E-state index >= 15 is 0 Å². The molecule has 1 aliphatic rings. The Balaban J connectivity index is 1.99. The lowest BCUT2D eigenvalue weighted by Crippen LogP contribution is -2.31. The van der Waals surface area contributed by atoms with E-state index in [1.165, 1.54) is 4.90 Å². The molecule has 1 amide bonds. The Morgan fingerprint density at radius 1 is 1.42 bits per heavy atom. The molecule has 1 fully saturated rings. The Bertz CT molecular complexity index is 653. The van der Waals surface area contributed by atoms with E-state index in [-0.39, 0.29) is 18.9 Å². The molecular weight excluding hydrogens is 318 g/mol. The largest absolute Gasteiger partial charge is 0.359 e. The van der Waals surface area contributed by atoms with Crippen molar-refractivity contribution in [1.29, 1.82) is 0 Å². The van der Waals surface area contributed by atoms with E-state index in [2.05, 4.69) is 20.9 Å². The molecule has 0 atom stereocenters. The van der Waals surface area contributed by atoms with E-state index in [1.54, 1.807) is 18.3 Å². The lowest BCUT2D eigenvalue weighted by molar-refractivity contribution is 0.0120. The highest BCUT2D eigenvalue weighted by molar-refractivity contribution is 9.10. The number of H-pyrrole nitrogens is 1. The highest BCUT2D eigenvalue weighted by Gasteiger charge is 2.40. The van der Waals surface area contributed by atoms with E-state index in [1.807, 2.05) is 6.07 Å². The number of alkyl halides is 2. The van der Waals surface area contributed by atoms with Gasteiger partial charge >= 0.3 is 0 Å². The summed E-state index contributed by atoms with van der Waals surface area (Å²) in [6.07, 6.45) is 1.48. The van der Waals surface area contributed by atoms with Crippen molar-refractivity contribution in [1.82, 2.24) is 9.88 Å². The Labute approximate surface area is 116 Å². The summed E-state index contributed by atoms with van der Waals surface area (Å²) in [4.78, 5) is 16.5. The smallest absolute Gasteiger partial charge is 0.267 e. The fourth-order valence-electron chi connectivity index (χ4n) is 2.38. The molecule has 19 heavy (non-hydrogen) atoms. The Morgan fingerprint density at radius 3 is 2.89 bits per heavy atom. The molecule has 0 unspecified atom stereocenters. The maximum Gasteiger partial charge on any atom is 0.267 e. The molecule has 1 aromatic heterocycles. The summed E-state index contributed by atoms with van der Waals surface area (Å²) in [5, 5.41) is 0.872. The zero-order chi connectivity index (χ0) is 13.6. The first-order valence-electron chi connectivity index (χ1n) is 5.91. The second-order valence-corrected chi connectivity index (χ2v) is 5.55. The SMILES string of the molecule is O=C(c1cccc2c(Br)c[nH]c12)N1CCC(F)(F)C1. The van der Waals surface area contributed by atoms with E-state index in [0.29, 0.717) is 11.1 Å². The molecule has 1 saturated heterocycles. The van der Waals surface area contributed by atoms with Crippen LogP contribution in [0.4, 0.5) is 8.78 Å². The standard InChI is InChI=1S/C13H11BrF2N2O/c14-10-6-17-11-8(10)2-1-3-9(11)12(19)18-5-4-13(15,16)7-18/h1-3,6,17H,4-5,7H2. The average molecular weight is 329 g/mol. The molecule has 2 aromatic rings. The van der Waals surface area contributed by atoms with Crippen LogP contribution in [0.15, 0.2) is 28.9 Å². The van der Waals surface area contributed by atoms with Crippen molar-refractivity contribution < 1.29 is 13.6 Å². The van der Waals surface area contributed by atoms with Gasteiger partial charge in [0.15, 0.2) is 0 Å². The van der Waals surface area contributed by atoms with Crippen LogP contribution in [0, 0.1) is 0 Å².